The number of Topliss-reactive ketones (excluding diaryl/α,β-unsaturated/α-hetero) is 1. The number of carbonyl (C=O) groups excluding carboxylic acids is 1. The minimum absolute atomic E-state index is 0.0496. The Morgan fingerprint density at radius 3 is 2.50 bits per heavy atom. The van der Waals surface area contributed by atoms with Crippen LogP contribution < -0.4 is 0 Å². The van der Waals surface area contributed by atoms with Crippen molar-refractivity contribution in [1.82, 2.24) is 14.8 Å². The van der Waals surface area contributed by atoms with Gasteiger partial charge in [0, 0.05) is 5.56 Å². The molecule has 0 aliphatic carbocycles. The van der Waals surface area contributed by atoms with Crippen LogP contribution in [0.2, 0.25) is 0 Å². The van der Waals surface area contributed by atoms with Gasteiger partial charge >= 0.3 is 0 Å². The fraction of sp³-hybridized carbons (Fsp3) is 0.250. The lowest BCUT2D eigenvalue weighted by Gasteiger charge is -2.02. The van der Waals surface area contributed by atoms with Crippen LogP contribution in [0.3, 0.4) is 0 Å². The highest BCUT2D eigenvalue weighted by atomic mass is 16.1. The van der Waals surface area contributed by atoms with E-state index in [-0.39, 0.29) is 12.3 Å². The van der Waals surface area contributed by atoms with Crippen molar-refractivity contribution in [2.24, 2.45) is 0 Å². The van der Waals surface area contributed by atoms with Gasteiger partial charge in [0.05, 0.1) is 0 Å². The summed E-state index contributed by atoms with van der Waals surface area (Å²) in [4.78, 5) is 16.0. The number of hydrogen-bond donors (Lipinski definition) is 0. The molecule has 0 saturated carbocycles. The lowest BCUT2D eigenvalue weighted by Crippen LogP contribution is -2.13. The third kappa shape index (κ3) is 2.16. The van der Waals surface area contributed by atoms with Crippen molar-refractivity contribution in [3.8, 4) is 0 Å². The highest BCUT2D eigenvalue weighted by Gasteiger charge is 2.09. The second-order valence-corrected chi connectivity index (χ2v) is 3.65. The van der Waals surface area contributed by atoms with Gasteiger partial charge in [-0.25, -0.2) is 9.67 Å². The van der Waals surface area contributed by atoms with Gasteiger partial charge in [0.2, 0.25) is 0 Å². The normalized spacial score (nSPS) is 10.4. The molecule has 0 aliphatic heterocycles. The Kier molecular flexibility index (Phi) is 2.81. The summed E-state index contributed by atoms with van der Waals surface area (Å²) in [5.41, 5.74) is 0.704. The molecule has 82 valence electrons. The average molecular weight is 215 g/mol. The summed E-state index contributed by atoms with van der Waals surface area (Å²) >= 11 is 0. The minimum atomic E-state index is 0.0496. The second kappa shape index (κ2) is 4.26. The second-order valence-electron chi connectivity index (χ2n) is 3.65. The summed E-state index contributed by atoms with van der Waals surface area (Å²) in [6, 6.07) is 9.21. The lowest BCUT2D eigenvalue weighted by molar-refractivity contribution is 0.0966. The Morgan fingerprint density at radius 2 is 1.94 bits per heavy atom. The van der Waals surface area contributed by atoms with Crippen molar-refractivity contribution in [1.29, 1.82) is 0 Å². The van der Waals surface area contributed by atoms with Crippen LogP contribution in [0.15, 0.2) is 30.3 Å². The van der Waals surface area contributed by atoms with E-state index in [9.17, 15) is 4.79 Å². The van der Waals surface area contributed by atoms with Crippen LogP contribution in [-0.2, 0) is 6.54 Å². The highest BCUT2D eigenvalue weighted by molar-refractivity contribution is 5.95. The first-order chi connectivity index (χ1) is 7.66. The van der Waals surface area contributed by atoms with Crippen molar-refractivity contribution >= 4 is 5.78 Å². The van der Waals surface area contributed by atoms with Crippen LogP contribution in [0, 0.1) is 13.8 Å². The number of aromatic nitrogens is 3. The lowest BCUT2D eigenvalue weighted by atomic mass is 10.1. The van der Waals surface area contributed by atoms with E-state index in [1.54, 1.807) is 16.8 Å². The maximum absolute atomic E-state index is 11.9. The zero-order valence-electron chi connectivity index (χ0n) is 9.34. The summed E-state index contributed by atoms with van der Waals surface area (Å²) in [7, 11) is 0. The number of rotatable bonds is 3. The van der Waals surface area contributed by atoms with Gasteiger partial charge in [0.25, 0.3) is 0 Å². The maximum Gasteiger partial charge on any atom is 0.184 e. The van der Waals surface area contributed by atoms with E-state index in [1.165, 1.54) is 0 Å². The Bertz CT molecular complexity index is 502. The van der Waals surface area contributed by atoms with Crippen molar-refractivity contribution in [3.63, 3.8) is 0 Å². The summed E-state index contributed by atoms with van der Waals surface area (Å²) in [6.07, 6.45) is 0. The number of aryl methyl sites for hydroxylation is 2. The molecule has 0 spiro atoms. The third-order valence-electron chi connectivity index (χ3n) is 2.35. The molecule has 0 N–H and O–H groups in total. The summed E-state index contributed by atoms with van der Waals surface area (Å²) in [5.74, 6) is 1.51. The van der Waals surface area contributed by atoms with Crippen molar-refractivity contribution in [2.45, 2.75) is 20.4 Å². The van der Waals surface area contributed by atoms with Crippen LogP contribution >= 0.6 is 0 Å². The van der Waals surface area contributed by atoms with E-state index in [0.29, 0.717) is 11.4 Å². The van der Waals surface area contributed by atoms with E-state index < -0.39 is 0 Å². The first kappa shape index (κ1) is 10.5. The van der Waals surface area contributed by atoms with Gasteiger partial charge in [-0.05, 0) is 13.8 Å². The monoisotopic (exact) mass is 215 g/mol. The zero-order valence-corrected chi connectivity index (χ0v) is 9.34. The average Bonchev–Trinajstić information content (AvgIpc) is 2.59. The number of nitrogens with zero attached hydrogens (tertiary/aromatic N) is 3. The van der Waals surface area contributed by atoms with E-state index in [1.807, 2.05) is 32.0 Å². The third-order valence-corrected chi connectivity index (χ3v) is 2.35. The van der Waals surface area contributed by atoms with Gasteiger partial charge in [0.1, 0.15) is 18.2 Å². The molecule has 1 heterocycles. The van der Waals surface area contributed by atoms with Gasteiger partial charge < -0.3 is 0 Å². The molecule has 0 radical (unpaired) electrons. The molecular formula is C12H13N3O. The molecule has 0 atom stereocenters. The predicted molar refractivity (Wildman–Crippen MR) is 60.3 cm³/mol. The van der Waals surface area contributed by atoms with Crippen molar-refractivity contribution in [3.05, 3.63) is 47.5 Å². The smallest absolute Gasteiger partial charge is 0.184 e. The molecule has 1 aromatic carbocycles. The molecule has 1 aromatic heterocycles. The van der Waals surface area contributed by atoms with Crippen LogP contribution in [0.1, 0.15) is 22.0 Å². The van der Waals surface area contributed by atoms with Crippen LogP contribution in [0.4, 0.5) is 0 Å². The Morgan fingerprint density at radius 1 is 1.25 bits per heavy atom. The zero-order chi connectivity index (χ0) is 11.5. The summed E-state index contributed by atoms with van der Waals surface area (Å²) < 4.78 is 1.63. The summed E-state index contributed by atoms with van der Waals surface area (Å²) in [5, 5.41) is 4.16. The maximum atomic E-state index is 11.9. The van der Waals surface area contributed by atoms with Crippen molar-refractivity contribution < 1.29 is 4.79 Å². The largest absolute Gasteiger partial charge is 0.292 e. The standard InChI is InChI=1S/C12H13N3O/c1-9-13-10(2)15(14-9)8-12(16)11-6-4-3-5-7-11/h3-7H,8H2,1-2H3. The fourth-order valence-electron chi connectivity index (χ4n) is 1.56. The van der Waals surface area contributed by atoms with Gasteiger partial charge in [-0.3, -0.25) is 4.79 Å². The van der Waals surface area contributed by atoms with Crippen LogP contribution in [0.25, 0.3) is 0 Å². The molecule has 4 heteroatoms. The first-order valence-corrected chi connectivity index (χ1v) is 5.13. The Labute approximate surface area is 93.9 Å². The SMILES string of the molecule is Cc1nc(C)n(CC(=O)c2ccccc2)n1. The predicted octanol–water partition coefficient (Wildman–Crippen LogP) is 1.78. The molecule has 0 unspecified atom stereocenters. The molecule has 2 aromatic rings. The van der Waals surface area contributed by atoms with E-state index in [2.05, 4.69) is 10.1 Å². The molecule has 4 nitrogen and oxygen atoms in total. The molecule has 0 amide bonds. The minimum Gasteiger partial charge on any atom is -0.292 e. The van der Waals surface area contributed by atoms with E-state index >= 15 is 0 Å². The molecule has 0 saturated heterocycles. The van der Waals surface area contributed by atoms with Gasteiger partial charge in [0.15, 0.2) is 5.78 Å². The number of hydrogen-bond acceptors (Lipinski definition) is 3. The fourth-order valence-corrected chi connectivity index (χ4v) is 1.56. The summed E-state index contributed by atoms with van der Waals surface area (Å²) in [6.45, 7) is 3.91. The Balaban J connectivity index is 2.17. The molecule has 0 fully saturated rings. The molecule has 0 bridgehead atoms. The number of benzene rings is 1. The van der Waals surface area contributed by atoms with Gasteiger partial charge in [-0.15, -0.1) is 0 Å². The Hall–Kier alpha value is -1.97. The van der Waals surface area contributed by atoms with E-state index in [0.717, 1.165) is 5.82 Å². The molecule has 16 heavy (non-hydrogen) atoms. The van der Waals surface area contributed by atoms with Crippen LogP contribution in [0.5, 0.6) is 0 Å². The molecule has 2 rings (SSSR count). The molecule has 0 aliphatic rings. The highest BCUT2D eigenvalue weighted by Crippen LogP contribution is 2.03. The van der Waals surface area contributed by atoms with E-state index in [4.69, 9.17) is 0 Å². The quantitative estimate of drug-likeness (QED) is 0.733. The molecular weight excluding hydrogens is 202 g/mol. The first-order valence-electron chi connectivity index (χ1n) is 5.13. The van der Waals surface area contributed by atoms with Crippen LogP contribution in [-0.4, -0.2) is 20.5 Å². The number of carbonyl (C=O) groups is 1. The number of ketones is 1. The van der Waals surface area contributed by atoms with Gasteiger partial charge in [-0.1, -0.05) is 30.3 Å². The topological polar surface area (TPSA) is 47.8 Å². The van der Waals surface area contributed by atoms with Gasteiger partial charge in [-0.2, -0.15) is 5.10 Å². The van der Waals surface area contributed by atoms with Crippen molar-refractivity contribution in [2.75, 3.05) is 0 Å².